The number of carbonyl (C=O) groups is 1. The van der Waals surface area contributed by atoms with E-state index in [1.54, 1.807) is 0 Å². The number of anilines is 1. The van der Waals surface area contributed by atoms with Crippen LogP contribution in [0.5, 0.6) is 0 Å². The molecule has 4 rings (SSSR count). The lowest BCUT2D eigenvalue weighted by Crippen LogP contribution is -2.38. The SMILES string of the molecule is CCOC(CON=CC(N)=O)c1csc(NC(c2ccccc2)(c2ccccc2)c2ccccc2)n1. The molecule has 1 atom stereocenters. The number of amides is 1. The summed E-state index contributed by atoms with van der Waals surface area (Å²) in [6, 6.07) is 31.0. The van der Waals surface area contributed by atoms with Crippen molar-refractivity contribution >= 4 is 28.6 Å². The Kier molecular flexibility index (Phi) is 8.44. The second kappa shape index (κ2) is 12.1. The van der Waals surface area contributed by atoms with Crippen LogP contribution in [0.4, 0.5) is 5.13 Å². The lowest BCUT2D eigenvalue weighted by atomic mass is 9.77. The molecular formula is C28H28N4O3S. The Balaban J connectivity index is 1.73. The van der Waals surface area contributed by atoms with Gasteiger partial charge in [0.25, 0.3) is 5.91 Å². The Morgan fingerprint density at radius 1 is 1.00 bits per heavy atom. The van der Waals surface area contributed by atoms with E-state index in [0.29, 0.717) is 12.3 Å². The number of nitrogens with two attached hydrogens (primary N) is 1. The van der Waals surface area contributed by atoms with Crippen LogP contribution >= 0.6 is 11.3 Å². The van der Waals surface area contributed by atoms with Crippen molar-refractivity contribution in [3.05, 3.63) is 119 Å². The monoisotopic (exact) mass is 500 g/mol. The highest BCUT2D eigenvalue weighted by Crippen LogP contribution is 2.41. The van der Waals surface area contributed by atoms with Gasteiger partial charge in [0.1, 0.15) is 24.5 Å². The molecule has 0 saturated carbocycles. The first kappa shape index (κ1) is 25.1. The zero-order valence-corrected chi connectivity index (χ0v) is 20.7. The van der Waals surface area contributed by atoms with Crippen LogP contribution in [-0.4, -0.2) is 30.3 Å². The van der Waals surface area contributed by atoms with E-state index in [0.717, 1.165) is 28.0 Å². The van der Waals surface area contributed by atoms with E-state index in [4.69, 9.17) is 20.3 Å². The molecule has 4 aromatic rings. The van der Waals surface area contributed by atoms with Gasteiger partial charge in [-0.1, -0.05) is 96.2 Å². The van der Waals surface area contributed by atoms with E-state index < -0.39 is 17.6 Å². The van der Waals surface area contributed by atoms with Crippen molar-refractivity contribution in [2.45, 2.75) is 18.6 Å². The van der Waals surface area contributed by atoms with Gasteiger partial charge in [-0.3, -0.25) is 4.79 Å². The van der Waals surface area contributed by atoms with Gasteiger partial charge in [0.15, 0.2) is 5.13 Å². The van der Waals surface area contributed by atoms with Crippen molar-refractivity contribution in [1.82, 2.24) is 4.98 Å². The lowest BCUT2D eigenvalue weighted by Gasteiger charge is -2.36. The number of hydrogen-bond donors (Lipinski definition) is 2. The molecule has 0 aliphatic rings. The molecule has 184 valence electrons. The molecule has 1 heterocycles. The summed E-state index contributed by atoms with van der Waals surface area (Å²) in [4.78, 5) is 21.0. The lowest BCUT2D eigenvalue weighted by molar-refractivity contribution is -0.111. The second-order valence-electron chi connectivity index (χ2n) is 7.93. The molecule has 0 spiro atoms. The quantitative estimate of drug-likeness (QED) is 0.160. The first-order chi connectivity index (χ1) is 17.6. The normalized spacial score (nSPS) is 12.4. The molecule has 1 unspecified atom stereocenters. The number of benzene rings is 3. The topological polar surface area (TPSA) is 98.8 Å². The van der Waals surface area contributed by atoms with Crippen LogP contribution in [-0.2, 0) is 19.9 Å². The van der Waals surface area contributed by atoms with Crippen molar-refractivity contribution in [2.75, 3.05) is 18.5 Å². The fourth-order valence-electron chi connectivity index (χ4n) is 4.05. The van der Waals surface area contributed by atoms with Gasteiger partial charge >= 0.3 is 0 Å². The number of primary amides is 1. The van der Waals surface area contributed by atoms with Gasteiger partial charge in [0, 0.05) is 12.0 Å². The standard InChI is InChI=1S/C28H28N4O3S/c1-2-34-25(19-35-30-18-26(29)33)24-20-36-27(31-24)32-28(21-12-6-3-7-13-21,22-14-8-4-9-15-22)23-16-10-5-11-17-23/h3-18,20,25H,2,19H2,1H3,(H2,29,33)(H,31,32). The minimum absolute atomic E-state index is 0.0992. The van der Waals surface area contributed by atoms with Gasteiger partial charge in [-0.25, -0.2) is 4.98 Å². The van der Waals surface area contributed by atoms with Crippen LogP contribution < -0.4 is 11.1 Å². The number of carbonyl (C=O) groups excluding carboxylic acids is 1. The van der Waals surface area contributed by atoms with Crippen molar-refractivity contribution in [3.8, 4) is 0 Å². The molecule has 7 nitrogen and oxygen atoms in total. The summed E-state index contributed by atoms with van der Waals surface area (Å²) in [6.07, 6.45) is 0.469. The molecule has 0 fully saturated rings. The van der Waals surface area contributed by atoms with Gasteiger partial charge in [-0.2, -0.15) is 0 Å². The van der Waals surface area contributed by atoms with Crippen LogP contribution in [0, 0.1) is 0 Å². The molecule has 3 aromatic carbocycles. The first-order valence-electron chi connectivity index (χ1n) is 11.6. The number of thiazole rings is 1. The minimum Gasteiger partial charge on any atom is -0.392 e. The zero-order valence-electron chi connectivity index (χ0n) is 19.9. The number of ether oxygens (including phenoxy) is 1. The molecule has 0 bridgehead atoms. The molecule has 8 heteroatoms. The Labute approximate surface area is 214 Å². The molecule has 0 aliphatic heterocycles. The Bertz CT molecular complexity index is 1170. The summed E-state index contributed by atoms with van der Waals surface area (Å²) >= 11 is 1.49. The molecule has 3 N–H and O–H groups in total. The van der Waals surface area contributed by atoms with Crippen LogP contribution in [0.15, 0.2) is 102 Å². The smallest absolute Gasteiger partial charge is 0.263 e. The second-order valence-corrected chi connectivity index (χ2v) is 8.79. The number of nitrogens with zero attached hydrogens (tertiary/aromatic N) is 2. The van der Waals surface area contributed by atoms with E-state index in [1.807, 2.05) is 66.9 Å². The third-order valence-electron chi connectivity index (χ3n) is 5.61. The largest absolute Gasteiger partial charge is 0.392 e. The average Bonchev–Trinajstić information content (AvgIpc) is 3.39. The van der Waals surface area contributed by atoms with Gasteiger partial charge in [-0.15, -0.1) is 11.3 Å². The predicted molar refractivity (Wildman–Crippen MR) is 143 cm³/mol. The fourth-order valence-corrected chi connectivity index (χ4v) is 4.86. The van der Waals surface area contributed by atoms with Gasteiger partial charge in [-0.05, 0) is 23.6 Å². The molecule has 0 radical (unpaired) electrons. The summed E-state index contributed by atoms with van der Waals surface area (Å²) < 4.78 is 5.83. The molecule has 0 aliphatic carbocycles. The Hall–Kier alpha value is -4.01. The Morgan fingerprint density at radius 3 is 2.00 bits per heavy atom. The highest BCUT2D eigenvalue weighted by Gasteiger charge is 2.37. The molecule has 1 amide bonds. The van der Waals surface area contributed by atoms with Gasteiger partial charge < -0.3 is 20.6 Å². The molecule has 1 aromatic heterocycles. The van der Waals surface area contributed by atoms with Crippen LogP contribution in [0.25, 0.3) is 0 Å². The maximum Gasteiger partial charge on any atom is 0.263 e. The summed E-state index contributed by atoms with van der Waals surface area (Å²) in [6.45, 7) is 2.47. The fraction of sp³-hybridized carbons (Fsp3) is 0.179. The number of hydrogen-bond acceptors (Lipinski definition) is 7. The third kappa shape index (κ3) is 5.79. The molecule has 0 saturated heterocycles. The van der Waals surface area contributed by atoms with Crippen molar-refractivity contribution in [2.24, 2.45) is 10.9 Å². The Morgan fingerprint density at radius 2 is 1.53 bits per heavy atom. The average molecular weight is 501 g/mol. The number of nitrogens with one attached hydrogen (secondary N) is 1. The van der Waals surface area contributed by atoms with Gasteiger partial charge in [0.2, 0.25) is 0 Å². The van der Waals surface area contributed by atoms with E-state index in [-0.39, 0.29) is 6.61 Å². The van der Waals surface area contributed by atoms with Crippen LogP contribution in [0.3, 0.4) is 0 Å². The maximum atomic E-state index is 10.9. The number of rotatable bonds is 12. The number of oxime groups is 1. The maximum absolute atomic E-state index is 10.9. The summed E-state index contributed by atoms with van der Waals surface area (Å²) in [7, 11) is 0. The van der Waals surface area contributed by atoms with Crippen LogP contribution in [0.1, 0.15) is 35.4 Å². The van der Waals surface area contributed by atoms with Crippen molar-refractivity contribution in [3.63, 3.8) is 0 Å². The molecule has 36 heavy (non-hydrogen) atoms. The summed E-state index contributed by atoms with van der Waals surface area (Å²) in [5.74, 6) is -0.679. The zero-order chi connectivity index (χ0) is 25.2. The van der Waals surface area contributed by atoms with E-state index in [1.165, 1.54) is 11.3 Å². The van der Waals surface area contributed by atoms with E-state index in [9.17, 15) is 4.79 Å². The summed E-state index contributed by atoms with van der Waals surface area (Å²) in [5, 5.41) is 10.0. The van der Waals surface area contributed by atoms with Crippen molar-refractivity contribution in [1.29, 1.82) is 0 Å². The highest BCUT2D eigenvalue weighted by molar-refractivity contribution is 7.13. The number of aromatic nitrogens is 1. The predicted octanol–water partition coefficient (Wildman–Crippen LogP) is 5.11. The molecular weight excluding hydrogens is 472 g/mol. The summed E-state index contributed by atoms with van der Waals surface area (Å²) in [5.41, 5.74) is 8.36. The van der Waals surface area contributed by atoms with E-state index >= 15 is 0 Å². The third-order valence-corrected chi connectivity index (χ3v) is 6.39. The van der Waals surface area contributed by atoms with Crippen LogP contribution in [0.2, 0.25) is 0 Å². The van der Waals surface area contributed by atoms with Crippen molar-refractivity contribution < 1.29 is 14.4 Å². The minimum atomic E-state index is -0.679. The van der Waals surface area contributed by atoms with Gasteiger partial charge in [0.05, 0.1) is 5.69 Å². The first-order valence-corrected chi connectivity index (χ1v) is 12.5. The van der Waals surface area contributed by atoms with E-state index in [2.05, 4.69) is 46.9 Å². The highest BCUT2D eigenvalue weighted by atomic mass is 32.1.